The van der Waals surface area contributed by atoms with Crippen LogP contribution in [0.15, 0.2) is 54.7 Å². The van der Waals surface area contributed by atoms with Gasteiger partial charge in [-0.2, -0.15) is 5.10 Å². The van der Waals surface area contributed by atoms with E-state index in [1.807, 2.05) is 44.6 Å². The fourth-order valence-electron chi connectivity index (χ4n) is 2.70. The summed E-state index contributed by atoms with van der Waals surface area (Å²) in [4.78, 5) is 2.19. The van der Waals surface area contributed by atoms with Gasteiger partial charge >= 0.3 is 0 Å². The van der Waals surface area contributed by atoms with Gasteiger partial charge in [0.2, 0.25) is 0 Å². The van der Waals surface area contributed by atoms with Crippen LogP contribution in [0.4, 0.5) is 4.39 Å². The van der Waals surface area contributed by atoms with Crippen molar-refractivity contribution in [1.82, 2.24) is 20.4 Å². The van der Waals surface area contributed by atoms with Crippen LogP contribution in [0.3, 0.4) is 0 Å². The summed E-state index contributed by atoms with van der Waals surface area (Å²) < 4.78 is 20.1. The molecule has 2 aromatic carbocycles. The van der Waals surface area contributed by atoms with Gasteiger partial charge in [0, 0.05) is 37.0 Å². The van der Waals surface area contributed by atoms with Gasteiger partial charge in [0.15, 0.2) is 11.6 Å². The number of H-pyrrole nitrogens is 1. The number of rotatable bonds is 8. The third-order valence-corrected chi connectivity index (χ3v) is 4.08. The molecule has 0 bridgehead atoms. The first kappa shape index (κ1) is 18.1. The summed E-state index contributed by atoms with van der Waals surface area (Å²) in [5, 5.41) is 10.3. The first-order chi connectivity index (χ1) is 12.7. The molecule has 2 N–H and O–H groups in total. The first-order valence-corrected chi connectivity index (χ1v) is 8.56. The summed E-state index contributed by atoms with van der Waals surface area (Å²) >= 11 is 0. The predicted octanol–water partition coefficient (Wildman–Crippen LogP) is 3.66. The second-order valence-electron chi connectivity index (χ2n) is 6.16. The maximum absolute atomic E-state index is 14.5. The smallest absolute Gasteiger partial charge is 0.166 e. The molecule has 0 amide bonds. The highest BCUT2D eigenvalue weighted by Gasteiger charge is 2.13. The normalized spacial score (nSPS) is 11.1. The lowest BCUT2D eigenvalue weighted by atomic mass is 10.1. The minimum absolute atomic E-state index is 0.197. The Morgan fingerprint density at radius 2 is 2.00 bits per heavy atom. The maximum Gasteiger partial charge on any atom is 0.166 e. The third kappa shape index (κ3) is 4.47. The van der Waals surface area contributed by atoms with Crippen molar-refractivity contribution in [1.29, 1.82) is 0 Å². The molecule has 0 unspecified atom stereocenters. The van der Waals surface area contributed by atoms with E-state index >= 15 is 0 Å². The Kier molecular flexibility index (Phi) is 5.99. The molecule has 0 saturated heterocycles. The minimum Gasteiger partial charge on any atom is -0.454 e. The van der Waals surface area contributed by atoms with Crippen LogP contribution in [0.25, 0.3) is 11.3 Å². The van der Waals surface area contributed by atoms with Crippen molar-refractivity contribution in [3.8, 4) is 22.8 Å². The Morgan fingerprint density at radius 3 is 2.73 bits per heavy atom. The molecular weight excluding hydrogens is 331 g/mol. The van der Waals surface area contributed by atoms with Crippen LogP contribution >= 0.6 is 0 Å². The monoisotopic (exact) mass is 354 g/mol. The number of likely N-dealkylation sites (N-methyl/N-ethyl adjacent to an activating group) is 2. The Balaban J connectivity index is 1.76. The number of aromatic amines is 1. The first-order valence-electron chi connectivity index (χ1n) is 8.56. The molecule has 5 nitrogen and oxygen atoms in total. The molecule has 0 radical (unpaired) electrons. The second-order valence-corrected chi connectivity index (χ2v) is 6.16. The van der Waals surface area contributed by atoms with Crippen LogP contribution in [-0.2, 0) is 6.54 Å². The number of hydrogen-bond donors (Lipinski definition) is 2. The highest BCUT2D eigenvalue weighted by atomic mass is 19.1. The average Bonchev–Trinajstić information content (AvgIpc) is 3.10. The van der Waals surface area contributed by atoms with Crippen molar-refractivity contribution >= 4 is 0 Å². The van der Waals surface area contributed by atoms with Crippen molar-refractivity contribution in [2.45, 2.75) is 6.54 Å². The number of nitrogens with one attached hydrogen (secondary N) is 2. The summed E-state index contributed by atoms with van der Waals surface area (Å²) in [6.07, 6.45) is 1.86. The van der Waals surface area contributed by atoms with Crippen molar-refractivity contribution < 1.29 is 9.13 Å². The molecule has 1 heterocycles. The van der Waals surface area contributed by atoms with E-state index in [1.165, 1.54) is 6.07 Å². The molecule has 0 aliphatic carbocycles. The summed E-state index contributed by atoms with van der Waals surface area (Å²) in [6.45, 7) is 2.56. The molecule has 0 spiro atoms. The van der Waals surface area contributed by atoms with Gasteiger partial charge in [0.25, 0.3) is 0 Å². The molecule has 0 fully saturated rings. The molecule has 3 rings (SSSR count). The predicted molar refractivity (Wildman–Crippen MR) is 101 cm³/mol. The molecule has 1 aromatic heterocycles. The van der Waals surface area contributed by atoms with E-state index in [1.54, 1.807) is 18.2 Å². The lowest BCUT2D eigenvalue weighted by Gasteiger charge is -2.16. The zero-order chi connectivity index (χ0) is 18.4. The van der Waals surface area contributed by atoms with Gasteiger partial charge in [-0.05, 0) is 44.4 Å². The Labute approximate surface area is 152 Å². The van der Waals surface area contributed by atoms with Crippen molar-refractivity contribution in [2.24, 2.45) is 0 Å². The zero-order valence-electron chi connectivity index (χ0n) is 15.0. The van der Waals surface area contributed by atoms with Crippen molar-refractivity contribution in [3.63, 3.8) is 0 Å². The van der Waals surface area contributed by atoms with Gasteiger partial charge in [-0.15, -0.1) is 0 Å². The second kappa shape index (κ2) is 8.60. The largest absolute Gasteiger partial charge is 0.454 e. The van der Waals surface area contributed by atoms with Gasteiger partial charge in [-0.3, -0.25) is 5.10 Å². The van der Waals surface area contributed by atoms with Crippen LogP contribution in [0.5, 0.6) is 11.5 Å². The van der Waals surface area contributed by atoms with E-state index in [2.05, 4.69) is 20.4 Å². The topological polar surface area (TPSA) is 53.2 Å². The standard InChI is InChI=1S/C20H23FN4O/c1-22-10-11-25(2)14-16-13-23-24-20(16)15-8-9-19(18(21)12-15)26-17-6-4-3-5-7-17/h3-9,12-13,22H,10-11,14H2,1-2H3,(H,23,24). The van der Waals surface area contributed by atoms with Crippen LogP contribution in [0.2, 0.25) is 0 Å². The average molecular weight is 354 g/mol. The Hall–Kier alpha value is -2.70. The molecule has 0 atom stereocenters. The van der Waals surface area contributed by atoms with Crippen LogP contribution in [0.1, 0.15) is 5.56 Å². The van der Waals surface area contributed by atoms with E-state index in [9.17, 15) is 4.39 Å². The molecule has 136 valence electrons. The minimum atomic E-state index is -0.413. The Morgan fingerprint density at radius 1 is 1.19 bits per heavy atom. The molecule has 6 heteroatoms. The van der Waals surface area contributed by atoms with E-state index in [0.717, 1.165) is 36.5 Å². The number of ether oxygens (including phenoxy) is 1. The highest BCUT2D eigenvalue weighted by molar-refractivity contribution is 5.63. The number of benzene rings is 2. The highest BCUT2D eigenvalue weighted by Crippen LogP contribution is 2.29. The molecule has 26 heavy (non-hydrogen) atoms. The van der Waals surface area contributed by atoms with Gasteiger partial charge in [-0.25, -0.2) is 4.39 Å². The lowest BCUT2D eigenvalue weighted by molar-refractivity contribution is 0.328. The van der Waals surface area contributed by atoms with Crippen LogP contribution < -0.4 is 10.1 Å². The molecule has 0 aliphatic heterocycles. The van der Waals surface area contributed by atoms with Crippen LogP contribution in [-0.4, -0.2) is 42.3 Å². The van der Waals surface area contributed by atoms with Gasteiger partial charge in [0.05, 0.1) is 5.69 Å². The molecule has 0 aliphatic rings. The van der Waals surface area contributed by atoms with Gasteiger partial charge in [0.1, 0.15) is 5.75 Å². The fourth-order valence-corrected chi connectivity index (χ4v) is 2.70. The summed E-state index contributed by atoms with van der Waals surface area (Å²) in [5.74, 6) is 0.387. The van der Waals surface area contributed by atoms with Crippen molar-refractivity contribution in [2.75, 3.05) is 27.2 Å². The van der Waals surface area contributed by atoms with Gasteiger partial charge in [-0.1, -0.05) is 18.2 Å². The van der Waals surface area contributed by atoms with Crippen molar-refractivity contribution in [3.05, 3.63) is 66.1 Å². The van der Waals surface area contributed by atoms with E-state index < -0.39 is 5.82 Å². The number of aromatic nitrogens is 2. The SMILES string of the molecule is CNCCN(C)Cc1c[nH]nc1-c1ccc(Oc2ccccc2)c(F)c1. The summed E-state index contributed by atoms with van der Waals surface area (Å²) in [7, 11) is 3.98. The zero-order valence-corrected chi connectivity index (χ0v) is 15.0. The third-order valence-electron chi connectivity index (χ3n) is 4.08. The summed E-state index contributed by atoms with van der Waals surface area (Å²) in [5.41, 5.74) is 2.51. The van der Waals surface area contributed by atoms with E-state index in [0.29, 0.717) is 5.75 Å². The number of hydrogen-bond acceptors (Lipinski definition) is 4. The summed E-state index contributed by atoms with van der Waals surface area (Å²) in [6, 6.07) is 14.1. The quantitative estimate of drug-likeness (QED) is 0.648. The number of nitrogens with zero attached hydrogens (tertiary/aromatic N) is 2. The van der Waals surface area contributed by atoms with E-state index in [4.69, 9.17) is 4.74 Å². The number of halogens is 1. The fraction of sp³-hybridized carbons (Fsp3) is 0.250. The maximum atomic E-state index is 14.5. The van der Waals surface area contributed by atoms with E-state index in [-0.39, 0.29) is 5.75 Å². The molecule has 3 aromatic rings. The Bertz CT molecular complexity index is 835. The molecular formula is C20H23FN4O. The van der Waals surface area contributed by atoms with Gasteiger partial charge < -0.3 is 15.0 Å². The van der Waals surface area contributed by atoms with Crippen LogP contribution in [0, 0.1) is 5.82 Å². The lowest BCUT2D eigenvalue weighted by Crippen LogP contribution is -2.26. The number of para-hydroxylation sites is 1. The molecule has 0 saturated carbocycles.